The second-order valence-electron chi connectivity index (χ2n) is 4.45. The Balaban J connectivity index is 2.19. The average molecular weight is 392 g/mol. The van der Waals surface area contributed by atoms with E-state index in [-0.39, 0.29) is 11.4 Å². The third-order valence-corrected chi connectivity index (χ3v) is 4.03. The Labute approximate surface area is 134 Å². The minimum atomic E-state index is -0.324. The van der Waals surface area contributed by atoms with Gasteiger partial charge in [0.25, 0.3) is 5.56 Å². The van der Waals surface area contributed by atoms with Gasteiger partial charge in [-0.25, -0.2) is 9.37 Å². The van der Waals surface area contributed by atoms with Crippen molar-refractivity contribution in [3.63, 3.8) is 0 Å². The molecule has 1 aromatic heterocycles. The van der Waals surface area contributed by atoms with E-state index in [0.29, 0.717) is 20.7 Å². The van der Waals surface area contributed by atoms with Crippen LogP contribution in [0.25, 0.3) is 22.6 Å². The number of nitrogens with one attached hydrogen (secondary N) is 1. The van der Waals surface area contributed by atoms with Crippen molar-refractivity contribution in [2.45, 2.75) is 0 Å². The molecule has 0 spiro atoms. The molecule has 0 amide bonds. The molecule has 3 rings (SSSR count). The molecule has 1 heterocycles. The first kappa shape index (κ1) is 13.9. The van der Waals surface area contributed by atoms with Crippen LogP contribution in [0.15, 0.2) is 59.4 Å². The van der Waals surface area contributed by atoms with Gasteiger partial charge in [-0.05, 0) is 46.9 Å². The van der Waals surface area contributed by atoms with Crippen LogP contribution in [0.2, 0.25) is 0 Å². The number of hydrogen-bond acceptors (Lipinski definition) is 2. The maximum absolute atomic E-state index is 13.0. The lowest BCUT2D eigenvalue weighted by Crippen LogP contribution is -2.14. The molecular formula is C16H10FIN2O. The summed E-state index contributed by atoms with van der Waals surface area (Å²) >= 11 is 1.98. The van der Waals surface area contributed by atoms with Crippen molar-refractivity contribution in [3.05, 3.63) is 74.3 Å². The number of H-pyrrole nitrogens is 1. The van der Waals surface area contributed by atoms with Gasteiger partial charge >= 0.3 is 0 Å². The molecule has 0 fully saturated rings. The van der Waals surface area contributed by atoms with Gasteiger partial charge in [0.2, 0.25) is 0 Å². The number of aromatic amines is 1. The van der Waals surface area contributed by atoms with Crippen molar-refractivity contribution in [1.29, 1.82) is 0 Å². The van der Waals surface area contributed by atoms with E-state index in [9.17, 15) is 9.18 Å². The second-order valence-corrected chi connectivity index (χ2v) is 5.53. The summed E-state index contributed by atoms with van der Waals surface area (Å²) in [4.78, 5) is 19.3. The highest BCUT2D eigenvalue weighted by Gasteiger charge is 2.12. The van der Waals surface area contributed by atoms with E-state index < -0.39 is 0 Å². The molecule has 0 bridgehead atoms. The van der Waals surface area contributed by atoms with E-state index in [1.165, 1.54) is 12.1 Å². The van der Waals surface area contributed by atoms with Crippen molar-refractivity contribution in [2.75, 3.05) is 0 Å². The van der Waals surface area contributed by atoms with E-state index in [1.54, 1.807) is 12.1 Å². The van der Waals surface area contributed by atoms with Gasteiger partial charge in [0.05, 0.1) is 5.69 Å². The van der Waals surface area contributed by atoms with Crippen LogP contribution < -0.4 is 5.56 Å². The second kappa shape index (κ2) is 5.77. The summed E-state index contributed by atoms with van der Waals surface area (Å²) in [6.45, 7) is 0. The molecule has 0 saturated heterocycles. The van der Waals surface area contributed by atoms with Crippen LogP contribution in [0, 0.1) is 9.39 Å². The Morgan fingerprint density at radius 2 is 1.62 bits per heavy atom. The van der Waals surface area contributed by atoms with Gasteiger partial charge in [0.15, 0.2) is 0 Å². The fourth-order valence-corrected chi connectivity index (χ4v) is 2.56. The third kappa shape index (κ3) is 2.87. The van der Waals surface area contributed by atoms with Crippen molar-refractivity contribution in [1.82, 2.24) is 9.97 Å². The van der Waals surface area contributed by atoms with Gasteiger partial charge in [-0.3, -0.25) is 4.79 Å². The Bertz CT molecular complexity index is 829. The predicted molar refractivity (Wildman–Crippen MR) is 88.4 cm³/mol. The highest BCUT2D eigenvalue weighted by molar-refractivity contribution is 14.1. The van der Waals surface area contributed by atoms with Crippen molar-refractivity contribution in [3.8, 4) is 22.6 Å². The summed E-state index contributed by atoms with van der Waals surface area (Å²) in [6.07, 6.45) is 0. The zero-order valence-corrected chi connectivity index (χ0v) is 13.0. The fourth-order valence-electron chi connectivity index (χ4n) is 1.99. The highest BCUT2D eigenvalue weighted by Crippen LogP contribution is 2.23. The third-order valence-electron chi connectivity index (χ3n) is 3.03. The summed E-state index contributed by atoms with van der Waals surface area (Å²) in [5.41, 5.74) is 1.96. The molecule has 0 unspecified atom stereocenters. The molecule has 1 N–H and O–H groups in total. The van der Waals surface area contributed by atoms with Crippen LogP contribution in [0.5, 0.6) is 0 Å². The minimum Gasteiger partial charge on any atom is -0.306 e. The maximum atomic E-state index is 13.0. The lowest BCUT2D eigenvalue weighted by Gasteiger charge is -2.07. The highest BCUT2D eigenvalue weighted by atomic mass is 127. The summed E-state index contributed by atoms with van der Waals surface area (Å²) < 4.78 is 13.5. The van der Waals surface area contributed by atoms with E-state index in [0.717, 1.165) is 5.56 Å². The molecule has 21 heavy (non-hydrogen) atoms. The van der Waals surface area contributed by atoms with E-state index in [4.69, 9.17) is 0 Å². The molecule has 0 aliphatic rings. The lowest BCUT2D eigenvalue weighted by molar-refractivity contribution is 0.628. The SMILES string of the molecule is O=c1[nH]c(-c2ccc(F)cc2)nc(-c2ccccc2)c1I. The van der Waals surface area contributed by atoms with Crippen LogP contribution >= 0.6 is 22.6 Å². The first-order valence-electron chi connectivity index (χ1n) is 6.26. The Morgan fingerprint density at radius 3 is 2.29 bits per heavy atom. The maximum Gasteiger partial charge on any atom is 0.265 e. The van der Waals surface area contributed by atoms with Crippen LogP contribution in [0.3, 0.4) is 0 Å². The van der Waals surface area contributed by atoms with Crippen molar-refractivity contribution in [2.24, 2.45) is 0 Å². The van der Waals surface area contributed by atoms with E-state index >= 15 is 0 Å². The largest absolute Gasteiger partial charge is 0.306 e. The van der Waals surface area contributed by atoms with Crippen molar-refractivity contribution >= 4 is 22.6 Å². The zero-order chi connectivity index (χ0) is 14.8. The normalized spacial score (nSPS) is 10.6. The molecule has 2 aromatic carbocycles. The molecular weight excluding hydrogens is 382 g/mol. The fraction of sp³-hybridized carbons (Fsp3) is 0. The molecule has 5 heteroatoms. The summed E-state index contributed by atoms with van der Waals surface area (Å²) in [5, 5.41) is 0. The smallest absolute Gasteiger partial charge is 0.265 e. The van der Waals surface area contributed by atoms with Gasteiger partial charge < -0.3 is 4.98 Å². The summed E-state index contributed by atoms with van der Waals surface area (Å²) in [5.74, 6) is 0.106. The molecule has 0 aliphatic carbocycles. The lowest BCUT2D eigenvalue weighted by atomic mass is 10.1. The average Bonchev–Trinajstić information content (AvgIpc) is 2.51. The molecule has 0 radical (unpaired) electrons. The van der Waals surface area contributed by atoms with E-state index in [1.807, 2.05) is 52.9 Å². The standard InChI is InChI=1S/C16H10FIN2O/c17-12-8-6-11(7-9-12)15-19-14(13(18)16(21)20-15)10-4-2-1-3-5-10/h1-9H,(H,19,20,21). The molecule has 0 aliphatic heterocycles. The van der Waals surface area contributed by atoms with E-state index in [2.05, 4.69) is 9.97 Å². The number of rotatable bonds is 2. The number of nitrogens with zero attached hydrogens (tertiary/aromatic N) is 1. The van der Waals surface area contributed by atoms with Gasteiger partial charge in [0.1, 0.15) is 15.2 Å². The van der Waals surface area contributed by atoms with Crippen molar-refractivity contribution < 1.29 is 4.39 Å². The summed E-state index contributed by atoms with van der Waals surface area (Å²) in [7, 11) is 0. The van der Waals surface area contributed by atoms with Crippen LogP contribution in [-0.2, 0) is 0 Å². The van der Waals surface area contributed by atoms with Gasteiger partial charge in [-0.15, -0.1) is 0 Å². The molecule has 104 valence electrons. The van der Waals surface area contributed by atoms with Gasteiger partial charge in [-0.1, -0.05) is 30.3 Å². The predicted octanol–water partition coefficient (Wildman–Crippen LogP) is 3.85. The summed E-state index contributed by atoms with van der Waals surface area (Å²) in [6, 6.07) is 15.4. The van der Waals surface area contributed by atoms with Crippen LogP contribution in [0.1, 0.15) is 0 Å². The van der Waals surface area contributed by atoms with Gasteiger partial charge in [0, 0.05) is 11.1 Å². The zero-order valence-electron chi connectivity index (χ0n) is 10.8. The first-order chi connectivity index (χ1) is 10.1. The monoisotopic (exact) mass is 392 g/mol. The minimum absolute atomic E-state index is 0.205. The Hall–Kier alpha value is -2.02. The number of benzene rings is 2. The molecule has 3 nitrogen and oxygen atoms in total. The number of halogens is 2. The van der Waals surface area contributed by atoms with Crippen LogP contribution in [-0.4, -0.2) is 9.97 Å². The molecule has 3 aromatic rings. The number of aromatic nitrogens is 2. The quantitative estimate of drug-likeness (QED) is 0.674. The first-order valence-corrected chi connectivity index (χ1v) is 7.34. The Morgan fingerprint density at radius 1 is 0.952 bits per heavy atom. The van der Waals surface area contributed by atoms with Crippen LogP contribution in [0.4, 0.5) is 4.39 Å². The van der Waals surface area contributed by atoms with Gasteiger partial charge in [-0.2, -0.15) is 0 Å². The Kier molecular flexibility index (Phi) is 3.83. The molecule has 0 atom stereocenters. The topological polar surface area (TPSA) is 45.8 Å². The molecule has 0 saturated carbocycles. The number of hydrogen-bond donors (Lipinski definition) is 1.